The number of nitrogens with one attached hydrogen (secondary N) is 1. The van der Waals surface area contributed by atoms with Crippen molar-refractivity contribution in [2.24, 2.45) is 0 Å². The van der Waals surface area contributed by atoms with Gasteiger partial charge in [-0.05, 0) is 43.3 Å². The SMILES string of the molecule is CCOC(=O)N1CCN(C(=O)c2ccc(NS(=O)(=O)c3ccccc3)cc2)CC1. The van der Waals surface area contributed by atoms with Gasteiger partial charge in [-0.3, -0.25) is 9.52 Å². The van der Waals surface area contributed by atoms with E-state index in [9.17, 15) is 18.0 Å². The number of sulfonamides is 1. The second-order valence-electron chi connectivity index (χ2n) is 6.47. The molecular formula is C20H23N3O5S. The molecule has 1 saturated heterocycles. The van der Waals surface area contributed by atoms with Crippen LogP contribution in [0.3, 0.4) is 0 Å². The third kappa shape index (κ3) is 5.05. The van der Waals surface area contributed by atoms with Crippen molar-refractivity contribution in [3.63, 3.8) is 0 Å². The Hall–Kier alpha value is -3.07. The summed E-state index contributed by atoms with van der Waals surface area (Å²) in [4.78, 5) is 27.8. The van der Waals surface area contributed by atoms with Crippen LogP contribution in [0.4, 0.5) is 10.5 Å². The molecule has 2 aromatic rings. The van der Waals surface area contributed by atoms with E-state index in [0.717, 1.165) is 0 Å². The van der Waals surface area contributed by atoms with Gasteiger partial charge in [0.05, 0.1) is 11.5 Å². The topological polar surface area (TPSA) is 96.0 Å². The summed E-state index contributed by atoms with van der Waals surface area (Å²) in [7, 11) is -3.68. The molecule has 0 bridgehead atoms. The molecule has 29 heavy (non-hydrogen) atoms. The molecule has 8 nitrogen and oxygen atoms in total. The largest absolute Gasteiger partial charge is 0.450 e. The minimum atomic E-state index is -3.68. The van der Waals surface area contributed by atoms with E-state index in [-0.39, 0.29) is 16.9 Å². The number of hydrogen-bond acceptors (Lipinski definition) is 5. The first kappa shape index (κ1) is 20.7. The second-order valence-corrected chi connectivity index (χ2v) is 8.16. The highest BCUT2D eigenvalue weighted by molar-refractivity contribution is 7.92. The molecule has 0 atom stereocenters. The summed E-state index contributed by atoms with van der Waals surface area (Å²) in [6.07, 6.45) is -0.366. The third-order valence-corrected chi connectivity index (χ3v) is 5.93. The fourth-order valence-corrected chi connectivity index (χ4v) is 4.06. The Bertz CT molecular complexity index is 953. The van der Waals surface area contributed by atoms with E-state index in [0.29, 0.717) is 44.0 Å². The van der Waals surface area contributed by atoms with Crippen molar-refractivity contribution in [2.75, 3.05) is 37.5 Å². The average Bonchev–Trinajstić information content (AvgIpc) is 2.74. The van der Waals surface area contributed by atoms with E-state index in [2.05, 4.69) is 4.72 Å². The van der Waals surface area contributed by atoms with Crippen molar-refractivity contribution in [1.29, 1.82) is 0 Å². The number of anilines is 1. The lowest BCUT2D eigenvalue weighted by Gasteiger charge is -2.34. The Morgan fingerprint density at radius 1 is 0.931 bits per heavy atom. The van der Waals surface area contributed by atoms with Gasteiger partial charge in [0, 0.05) is 37.4 Å². The van der Waals surface area contributed by atoms with Crippen LogP contribution in [0, 0.1) is 0 Å². The summed E-state index contributed by atoms with van der Waals surface area (Å²) in [5.74, 6) is -0.161. The Labute approximate surface area is 170 Å². The van der Waals surface area contributed by atoms with Gasteiger partial charge in [0.15, 0.2) is 0 Å². The summed E-state index contributed by atoms with van der Waals surface area (Å²) >= 11 is 0. The first-order valence-electron chi connectivity index (χ1n) is 9.29. The van der Waals surface area contributed by atoms with Crippen molar-refractivity contribution >= 4 is 27.7 Å². The molecule has 1 N–H and O–H groups in total. The molecule has 0 saturated carbocycles. The van der Waals surface area contributed by atoms with Crippen LogP contribution in [-0.2, 0) is 14.8 Å². The van der Waals surface area contributed by atoms with E-state index < -0.39 is 10.0 Å². The molecule has 0 radical (unpaired) electrons. The standard InChI is InChI=1S/C20H23N3O5S/c1-2-28-20(25)23-14-12-22(13-15-23)19(24)16-8-10-17(11-9-16)21-29(26,27)18-6-4-3-5-7-18/h3-11,21H,2,12-15H2,1H3. The highest BCUT2D eigenvalue weighted by atomic mass is 32.2. The molecule has 0 unspecified atom stereocenters. The lowest BCUT2D eigenvalue weighted by molar-refractivity contribution is 0.0570. The van der Waals surface area contributed by atoms with Crippen molar-refractivity contribution in [3.8, 4) is 0 Å². The summed E-state index contributed by atoms with van der Waals surface area (Å²) < 4.78 is 32.2. The minimum absolute atomic E-state index is 0.161. The van der Waals surface area contributed by atoms with Gasteiger partial charge in [0.2, 0.25) is 0 Å². The number of hydrogen-bond donors (Lipinski definition) is 1. The summed E-state index contributed by atoms with van der Waals surface area (Å²) in [6.45, 7) is 3.73. The second kappa shape index (κ2) is 8.95. The van der Waals surface area contributed by atoms with E-state index in [1.165, 1.54) is 12.1 Å². The maximum absolute atomic E-state index is 12.7. The molecule has 1 heterocycles. The van der Waals surface area contributed by atoms with Gasteiger partial charge in [0.1, 0.15) is 0 Å². The maximum Gasteiger partial charge on any atom is 0.409 e. The van der Waals surface area contributed by atoms with Gasteiger partial charge in [-0.15, -0.1) is 0 Å². The molecule has 1 aliphatic heterocycles. The number of amides is 2. The first-order chi connectivity index (χ1) is 13.9. The van der Waals surface area contributed by atoms with E-state index in [1.807, 2.05) is 0 Å². The quantitative estimate of drug-likeness (QED) is 0.806. The lowest BCUT2D eigenvalue weighted by atomic mass is 10.1. The van der Waals surface area contributed by atoms with E-state index in [4.69, 9.17) is 4.74 Å². The zero-order valence-corrected chi connectivity index (χ0v) is 16.9. The monoisotopic (exact) mass is 417 g/mol. The van der Waals surface area contributed by atoms with Gasteiger partial charge in [0.25, 0.3) is 15.9 Å². The number of ether oxygens (including phenoxy) is 1. The van der Waals surface area contributed by atoms with Crippen LogP contribution in [-0.4, -0.2) is 63.0 Å². The van der Waals surface area contributed by atoms with Gasteiger partial charge in [-0.1, -0.05) is 18.2 Å². The molecular weight excluding hydrogens is 394 g/mol. The number of carbonyl (C=O) groups excluding carboxylic acids is 2. The lowest BCUT2D eigenvalue weighted by Crippen LogP contribution is -2.50. The molecule has 1 aliphatic rings. The number of nitrogens with zero attached hydrogens (tertiary/aromatic N) is 2. The average molecular weight is 417 g/mol. The van der Waals surface area contributed by atoms with Gasteiger partial charge in [-0.2, -0.15) is 0 Å². The van der Waals surface area contributed by atoms with Crippen molar-refractivity contribution in [3.05, 3.63) is 60.2 Å². The van der Waals surface area contributed by atoms with Crippen molar-refractivity contribution < 1.29 is 22.7 Å². The first-order valence-corrected chi connectivity index (χ1v) is 10.8. The number of benzene rings is 2. The van der Waals surface area contributed by atoms with Gasteiger partial charge >= 0.3 is 6.09 Å². The van der Waals surface area contributed by atoms with Crippen LogP contribution < -0.4 is 4.72 Å². The number of piperazine rings is 1. The Morgan fingerprint density at radius 2 is 1.52 bits per heavy atom. The molecule has 0 aromatic heterocycles. The van der Waals surface area contributed by atoms with Crippen LogP contribution in [0.15, 0.2) is 59.5 Å². The van der Waals surface area contributed by atoms with Crippen molar-refractivity contribution in [2.45, 2.75) is 11.8 Å². The zero-order chi connectivity index (χ0) is 20.9. The molecule has 0 aliphatic carbocycles. The molecule has 154 valence electrons. The molecule has 3 rings (SSSR count). The summed E-state index contributed by atoms with van der Waals surface area (Å²) in [6, 6.07) is 14.4. The summed E-state index contributed by atoms with van der Waals surface area (Å²) in [5.41, 5.74) is 0.828. The minimum Gasteiger partial charge on any atom is -0.450 e. The Kier molecular flexibility index (Phi) is 6.38. The normalized spacial score (nSPS) is 14.4. The Balaban J connectivity index is 1.60. The van der Waals surface area contributed by atoms with Gasteiger partial charge in [-0.25, -0.2) is 13.2 Å². The van der Waals surface area contributed by atoms with E-state index >= 15 is 0 Å². The predicted molar refractivity (Wildman–Crippen MR) is 108 cm³/mol. The van der Waals surface area contributed by atoms with Crippen LogP contribution in [0.25, 0.3) is 0 Å². The van der Waals surface area contributed by atoms with Crippen LogP contribution in [0.2, 0.25) is 0 Å². The highest BCUT2D eigenvalue weighted by Crippen LogP contribution is 2.18. The van der Waals surface area contributed by atoms with Crippen molar-refractivity contribution in [1.82, 2.24) is 9.80 Å². The maximum atomic E-state index is 12.7. The molecule has 1 fully saturated rings. The van der Waals surface area contributed by atoms with Crippen LogP contribution >= 0.6 is 0 Å². The molecule has 9 heteroatoms. The predicted octanol–water partition coefficient (Wildman–Crippen LogP) is 2.40. The summed E-state index contributed by atoms with van der Waals surface area (Å²) in [5, 5.41) is 0. The third-order valence-electron chi connectivity index (χ3n) is 4.53. The molecule has 0 spiro atoms. The molecule has 2 amide bonds. The van der Waals surface area contributed by atoms with Crippen LogP contribution in [0.5, 0.6) is 0 Å². The Morgan fingerprint density at radius 3 is 2.10 bits per heavy atom. The van der Waals surface area contributed by atoms with E-state index in [1.54, 1.807) is 59.2 Å². The number of rotatable bonds is 5. The van der Waals surface area contributed by atoms with Gasteiger partial charge < -0.3 is 14.5 Å². The fraction of sp³-hybridized carbons (Fsp3) is 0.300. The number of carbonyl (C=O) groups is 2. The highest BCUT2D eigenvalue weighted by Gasteiger charge is 2.25. The zero-order valence-electron chi connectivity index (χ0n) is 16.1. The van der Waals surface area contributed by atoms with Crippen LogP contribution in [0.1, 0.15) is 17.3 Å². The smallest absolute Gasteiger partial charge is 0.409 e. The fourth-order valence-electron chi connectivity index (χ4n) is 2.98. The molecule has 2 aromatic carbocycles.